The molecule has 0 spiro atoms. The monoisotopic (exact) mass is 292 g/mol. The fourth-order valence-corrected chi connectivity index (χ4v) is 2.73. The van der Waals surface area contributed by atoms with Crippen molar-refractivity contribution >= 4 is 11.6 Å². The largest absolute Gasteiger partial charge is 0.493 e. The molecule has 0 saturated heterocycles. The molecule has 1 saturated carbocycles. The smallest absolute Gasteiger partial charge is 0.226 e. The number of carbonyl (C=O) groups excluding carboxylic acids is 1. The topological polar surface area (TPSA) is 75.8 Å². The van der Waals surface area contributed by atoms with E-state index in [1.54, 1.807) is 36.2 Å². The van der Waals surface area contributed by atoms with Crippen molar-refractivity contribution in [3.63, 3.8) is 0 Å². The van der Waals surface area contributed by atoms with Crippen LogP contribution in [-0.2, 0) is 4.79 Å². The van der Waals surface area contributed by atoms with E-state index in [9.17, 15) is 9.90 Å². The number of hydrogen-bond acceptors (Lipinski definition) is 4. The molecule has 1 aliphatic rings. The molecular weight excluding hydrogens is 268 g/mol. The predicted octanol–water partition coefficient (Wildman–Crippen LogP) is 1.80. The molecule has 1 amide bonds. The molecule has 0 heterocycles. The number of rotatable bonds is 5. The Kier molecular flexibility index (Phi) is 5.44. The lowest BCUT2D eigenvalue weighted by Crippen LogP contribution is -2.46. The molecule has 0 aromatic heterocycles. The number of nitrogens with zero attached hydrogens (tertiary/aromatic N) is 1. The number of nitrogen functional groups attached to an aromatic ring is 1. The van der Waals surface area contributed by atoms with E-state index >= 15 is 0 Å². The summed E-state index contributed by atoms with van der Waals surface area (Å²) in [6.07, 6.45) is 3.68. The number of nitrogens with two attached hydrogens (primary N) is 1. The van der Waals surface area contributed by atoms with Crippen LogP contribution in [0.25, 0.3) is 0 Å². The van der Waals surface area contributed by atoms with Crippen molar-refractivity contribution in [2.45, 2.75) is 44.2 Å². The molecule has 2 unspecified atom stereocenters. The van der Waals surface area contributed by atoms with Crippen LogP contribution < -0.4 is 10.5 Å². The van der Waals surface area contributed by atoms with Gasteiger partial charge in [-0.3, -0.25) is 4.79 Å². The zero-order chi connectivity index (χ0) is 15.2. The van der Waals surface area contributed by atoms with E-state index in [1.807, 2.05) is 0 Å². The third-order valence-electron chi connectivity index (χ3n) is 4.05. The SMILES string of the molecule is CN(C(=O)CCOc1ccc(N)cc1)C1CCCCC1O. The third-order valence-corrected chi connectivity index (χ3v) is 4.05. The summed E-state index contributed by atoms with van der Waals surface area (Å²) in [5.74, 6) is 0.716. The normalized spacial score (nSPS) is 21.8. The molecule has 0 aliphatic heterocycles. The molecule has 2 atom stereocenters. The fraction of sp³-hybridized carbons (Fsp3) is 0.562. The summed E-state index contributed by atoms with van der Waals surface area (Å²) in [7, 11) is 1.77. The van der Waals surface area contributed by atoms with Gasteiger partial charge in [0.1, 0.15) is 5.75 Å². The number of aliphatic hydroxyl groups is 1. The first-order chi connectivity index (χ1) is 10.1. The number of benzene rings is 1. The van der Waals surface area contributed by atoms with Gasteiger partial charge in [-0.05, 0) is 37.1 Å². The van der Waals surface area contributed by atoms with Crippen LogP contribution in [0, 0.1) is 0 Å². The van der Waals surface area contributed by atoms with Crippen molar-refractivity contribution in [1.29, 1.82) is 0 Å². The maximum atomic E-state index is 12.1. The number of carbonyl (C=O) groups is 1. The Morgan fingerprint density at radius 3 is 2.67 bits per heavy atom. The van der Waals surface area contributed by atoms with Crippen LogP contribution in [0.2, 0.25) is 0 Å². The molecule has 5 heteroatoms. The van der Waals surface area contributed by atoms with Crippen LogP contribution in [0.1, 0.15) is 32.1 Å². The lowest BCUT2D eigenvalue weighted by molar-refractivity contribution is -0.135. The van der Waals surface area contributed by atoms with Crippen LogP contribution in [0.15, 0.2) is 24.3 Å². The summed E-state index contributed by atoms with van der Waals surface area (Å²) in [6, 6.07) is 7.05. The fourth-order valence-electron chi connectivity index (χ4n) is 2.73. The Balaban J connectivity index is 1.77. The highest BCUT2D eigenvalue weighted by Gasteiger charge is 2.28. The first-order valence-electron chi connectivity index (χ1n) is 7.50. The molecule has 0 bridgehead atoms. The average molecular weight is 292 g/mol. The minimum absolute atomic E-state index is 0.0106. The summed E-state index contributed by atoms with van der Waals surface area (Å²) in [5, 5.41) is 9.98. The van der Waals surface area contributed by atoms with Crippen LogP contribution >= 0.6 is 0 Å². The first-order valence-corrected chi connectivity index (χ1v) is 7.50. The van der Waals surface area contributed by atoms with E-state index in [0.29, 0.717) is 24.5 Å². The molecule has 1 aromatic carbocycles. The Morgan fingerprint density at radius 1 is 1.33 bits per heavy atom. The van der Waals surface area contributed by atoms with Crippen molar-refractivity contribution in [3.8, 4) is 5.75 Å². The Hall–Kier alpha value is -1.75. The zero-order valence-electron chi connectivity index (χ0n) is 12.5. The van der Waals surface area contributed by atoms with Gasteiger partial charge in [0.05, 0.1) is 25.2 Å². The summed E-state index contributed by atoms with van der Waals surface area (Å²) >= 11 is 0. The third kappa shape index (κ3) is 4.36. The molecular formula is C16H24N2O3. The summed E-state index contributed by atoms with van der Waals surface area (Å²) in [5.41, 5.74) is 6.28. The zero-order valence-corrected chi connectivity index (χ0v) is 12.5. The van der Waals surface area contributed by atoms with E-state index in [4.69, 9.17) is 10.5 Å². The van der Waals surface area contributed by atoms with Gasteiger partial charge in [0, 0.05) is 12.7 Å². The van der Waals surface area contributed by atoms with Gasteiger partial charge in [0.25, 0.3) is 0 Å². The second-order valence-electron chi connectivity index (χ2n) is 5.59. The van der Waals surface area contributed by atoms with Crippen molar-refractivity contribution in [1.82, 2.24) is 4.90 Å². The Labute approximate surface area is 125 Å². The first kappa shape index (κ1) is 15.6. The van der Waals surface area contributed by atoms with Gasteiger partial charge in [-0.2, -0.15) is 0 Å². The van der Waals surface area contributed by atoms with Crippen LogP contribution in [-0.4, -0.2) is 41.7 Å². The highest BCUT2D eigenvalue weighted by atomic mass is 16.5. The Morgan fingerprint density at radius 2 is 2.00 bits per heavy atom. The standard InChI is InChI=1S/C16H24N2O3/c1-18(14-4-2-3-5-15(14)19)16(20)10-11-21-13-8-6-12(17)7-9-13/h6-9,14-15,19H,2-5,10-11,17H2,1H3. The highest BCUT2D eigenvalue weighted by Crippen LogP contribution is 2.23. The van der Waals surface area contributed by atoms with Gasteiger partial charge in [0.15, 0.2) is 0 Å². The second kappa shape index (κ2) is 7.31. The molecule has 5 nitrogen and oxygen atoms in total. The van der Waals surface area contributed by atoms with Gasteiger partial charge < -0.3 is 20.5 Å². The highest BCUT2D eigenvalue weighted by molar-refractivity contribution is 5.76. The van der Waals surface area contributed by atoms with E-state index in [2.05, 4.69) is 0 Å². The minimum atomic E-state index is -0.397. The molecule has 2 rings (SSSR count). The maximum absolute atomic E-state index is 12.1. The second-order valence-corrected chi connectivity index (χ2v) is 5.59. The number of ether oxygens (including phenoxy) is 1. The van der Waals surface area contributed by atoms with Gasteiger partial charge in [-0.1, -0.05) is 12.8 Å². The van der Waals surface area contributed by atoms with Gasteiger partial charge in [-0.25, -0.2) is 0 Å². The molecule has 0 radical (unpaired) electrons. The van der Waals surface area contributed by atoms with Gasteiger partial charge >= 0.3 is 0 Å². The van der Waals surface area contributed by atoms with Crippen molar-refractivity contribution in [2.24, 2.45) is 0 Å². The lowest BCUT2D eigenvalue weighted by Gasteiger charge is -2.35. The molecule has 21 heavy (non-hydrogen) atoms. The molecule has 3 N–H and O–H groups in total. The van der Waals surface area contributed by atoms with E-state index in [0.717, 1.165) is 25.7 Å². The number of aliphatic hydroxyl groups excluding tert-OH is 1. The number of hydrogen-bond donors (Lipinski definition) is 2. The van der Waals surface area contributed by atoms with Crippen LogP contribution in [0.5, 0.6) is 5.75 Å². The molecule has 1 fully saturated rings. The van der Waals surface area contributed by atoms with Crippen LogP contribution in [0.3, 0.4) is 0 Å². The molecule has 1 aliphatic carbocycles. The predicted molar refractivity (Wildman–Crippen MR) is 82.0 cm³/mol. The van der Waals surface area contributed by atoms with E-state index in [-0.39, 0.29) is 11.9 Å². The van der Waals surface area contributed by atoms with Crippen LogP contribution in [0.4, 0.5) is 5.69 Å². The van der Waals surface area contributed by atoms with E-state index in [1.165, 1.54) is 0 Å². The lowest BCUT2D eigenvalue weighted by atomic mass is 9.91. The summed E-state index contributed by atoms with van der Waals surface area (Å²) < 4.78 is 5.53. The number of amides is 1. The maximum Gasteiger partial charge on any atom is 0.226 e. The molecule has 116 valence electrons. The quantitative estimate of drug-likeness (QED) is 0.811. The number of anilines is 1. The van der Waals surface area contributed by atoms with E-state index < -0.39 is 6.10 Å². The van der Waals surface area contributed by atoms with Crippen molar-refractivity contribution in [3.05, 3.63) is 24.3 Å². The summed E-state index contributed by atoms with van der Waals surface area (Å²) in [6.45, 7) is 0.329. The van der Waals surface area contributed by atoms with Crippen molar-refractivity contribution < 1.29 is 14.6 Å². The van der Waals surface area contributed by atoms with Crippen molar-refractivity contribution in [2.75, 3.05) is 19.4 Å². The average Bonchev–Trinajstić information content (AvgIpc) is 2.49. The Bertz CT molecular complexity index is 461. The molecule has 1 aromatic rings. The summed E-state index contributed by atoms with van der Waals surface area (Å²) in [4.78, 5) is 13.8. The minimum Gasteiger partial charge on any atom is -0.493 e. The van der Waals surface area contributed by atoms with Gasteiger partial charge in [0.2, 0.25) is 5.91 Å². The van der Waals surface area contributed by atoms with Gasteiger partial charge in [-0.15, -0.1) is 0 Å². The number of likely N-dealkylation sites (N-methyl/N-ethyl adjacent to an activating group) is 1.